The number of benzene rings is 2. The minimum atomic E-state index is -4.73. The normalized spacial score (nSPS) is 16.0. The molecular formula is C34H38F3N5O4. The van der Waals surface area contributed by atoms with Gasteiger partial charge in [-0.1, -0.05) is 26.0 Å². The zero-order valence-electron chi connectivity index (χ0n) is 26.9. The van der Waals surface area contributed by atoms with Crippen LogP contribution in [0.2, 0.25) is 0 Å². The Hall–Kier alpha value is -4.37. The average Bonchev–Trinajstić information content (AvgIpc) is 3.51. The molecule has 1 aliphatic rings. The highest BCUT2D eigenvalue weighted by Crippen LogP contribution is 2.39. The summed E-state index contributed by atoms with van der Waals surface area (Å²) in [6, 6.07) is 8.27. The van der Waals surface area contributed by atoms with Crippen LogP contribution in [0.4, 0.5) is 18.0 Å². The Morgan fingerprint density at radius 2 is 1.78 bits per heavy atom. The van der Waals surface area contributed by atoms with Gasteiger partial charge in [-0.3, -0.25) is 10.1 Å². The number of furan rings is 1. The first kappa shape index (κ1) is 33.0. The maximum absolute atomic E-state index is 14.6. The summed E-state index contributed by atoms with van der Waals surface area (Å²) in [6.07, 6.45) is -4.21. The minimum Gasteiger partial charge on any atom is -0.456 e. The fourth-order valence-corrected chi connectivity index (χ4v) is 5.67. The number of halogens is 3. The first-order valence-electron chi connectivity index (χ1n) is 15.2. The Balaban J connectivity index is 1.51. The van der Waals surface area contributed by atoms with Gasteiger partial charge in [0.15, 0.2) is 0 Å². The third-order valence-electron chi connectivity index (χ3n) is 7.94. The standard InChI is InChI=1S/C34H38F3N5O4/c1-18(2)14-25(30(43)41-33(17-38)12-13-33)40-29(34(35,36)37)22-8-10-23-24-15-21(9-11-26(24)45-27(23)16-22)28-19(3)39-20(4)42(28)31(44)46-32(5,6)7/h8-11,15-16,18,25,29,40H,12-14H2,1-7H3,(H,41,43)/t25-,29-/m0/s1. The number of aryl methyl sites for hydroxylation is 2. The molecule has 1 aliphatic carbocycles. The lowest BCUT2D eigenvalue weighted by Gasteiger charge is -2.29. The second-order valence-corrected chi connectivity index (χ2v) is 13.5. The number of alkyl halides is 3. The van der Waals surface area contributed by atoms with Gasteiger partial charge in [0.1, 0.15) is 34.2 Å². The van der Waals surface area contributed by atoms with Crippen molar-refractivity contribution in [2.45, 2.75) is 97.1 Å². The van der Waals surface area contributed by atoms with E-state index in [0.717, 1.165) is 0 Å². The number of hydrogen-bond acceptors (Lipinski definition) is 7. The number of carbonyl (C=O) groups excluding carboxylic acids is 2. The Bertz CT molecular complexity index is 1850. The molecule has 2 heterocycles. The van der Waals surface area contributed by atoms with Gasteiger partial charge in [0.25, 0.3) is 0 Å². The molecule has 4 aromatic rings. The summed E-state index contributed by atoms with van der Waals surface area (Å²) in [4.78, 5) is 30.7. The smallest absolute Gasteiger partial charge is 0.420 e. The summed E-state index contributed by atoms with van der Waals surface area (Å²) in [6.45, 7) is 12.5. The SMILES string of the molecule is Cc1nc(C)n(C(=O)OC(C)(C)C)c1-c1ccc2oc3cc([C@H](N[C@@H](CC(C)C)C(=O)NC4(C#N)CC4)C(F)(F)F)ccc3c2c1. The fourth-order valence-electron chi connectivity index (χ4n) is 5.67. The van der Waals surface area contributed by atoms with Crippen LogP contribution in [-0.4, -0.2) is 44.9 Å². The van der Waals surface area contributed by atoms with Crippen molar-refractivity contribution in [3.05, 3.63) is 53.5 Å². The molecule has 0 saturated heterocycles. The van der Waals surface area contributed by atoms with Crippen LogP contribution in [0, 0.1) is 31.1 Å². The molecule has 2 N–H and O–H groups in total. The third-order valence-corrected chi connectivity index (χ3v) is 7.94. The van der Waals surface area contributed by atoms with E-state index in [-0.39, 0.29) is 23.5 Å². The molecule has 46 heavy (non-hydrogen) atoms. The molecule has 2 aromatic heterocycles. The molecule has 2 aromatic carbocycles. The third kappa shape index (κ3) is 6.75. The van der Waals surface area contributed by atoms with Crippen molar-refractivity contribution < 1.29 is 31.9 Å². The Labute approximate surface area is 265 Å². The molecule has 244 valence electrons. The number of fused-ring (bicyclic) bond motifs is 3. The van der Waals surface area contributed by atoms with Gasteiger partial charge in [-0.05, 0) is 89.6 Å². The summed E-state index contributed by atoms with van der Waals surface area (Å²) < 4.78 is 56.7. The van der Waals surface area contributed by atoms with Gasteiger partial charge >= 0.3 is 12.3 Å². The van der Waals surface area contributed by atoms with E-state index in [1.165, 1.54) is 16.7 Å². The molecule has 1 fully saturated rings. The van der Waals surface area contributed by atoms with Gasteiger partial charge in [0.05, 0.1) is 23.5 Å². The quantitative estimate of drug-likeness (QED) is 0.204. The van der Waals surface area contributed by atoms with Crippen LogP contribution < -0.4 is 10.6 Å². The summed E-state index contributed by atoms with van der Waals surface area (Å²) in [7, 11) is 0. The Morgan fingerprint density at radius 3 is 2.37 bits per heavy atom. The number of carbonyl (C=O) groups is 2. The molecule has 0 radical (unpaired) electrons. The van der Waals surface area contributed by atoms with Gasteiger partial charge in [0, 0.05) is 16.3 Å². The number of ether oxygens (including phenoxy) is 1. The Morgan fingerprint density at radius 1 is 1.09 bits per heavy atom. The molecule has 0 aliphatic heterocycles. The van der Waals surface area contributed by atoms with Crippen molar-refractivity contribution in [1.82, 2.24) is 20.2 Å². The van der Waals surface area contributed by atoms with Crippen molar-refractivity contribution in [3.8, 4) is 17.3 Å². The summed E-state index contributed by atoms with van der Waals surface area (Å²) in [5.74, 6) is -0.255. The number of nitrogens with zero attached hydrogens (tertiary/aromatic N) is 3. The minimum absolute atomic E-state index is 0.0829. The maximum atomic E-state index is 14.6. The number of imidazole rings is 1. The van der Waals surface area contributed by atoms with Gasteiger partial charge in [0.2, 0.25) is 5.91 Å². The van der Waals surface area contributed by atoms with Crippen molar-refractivity contribution in [3.63, 3.8) is 0 Å². The number of aromatic nitrogens is 2. The molecule has 0 unspecified atom stereocenters. The predicted molar refractivity (Wildman–Crippen MR) is 167 cm³/mol. The number of hydrogen-bond donors (Lipinski definition) is 2. The van der Waals surface area contributed by atoms with Crippen molar-refractivity contribution in [1.29, 1.82) is 5.26 Å². The van der Waals surface area contributed by atoms with E-state index in [1.807, 2.05) is 19.9 Å². The highest BCUT2D eigenvalue weighted by atomic mass is 19.4. The Kier molecular flexibility index (Phi) is 8.45. The number of rotatable bonds is 8. The highest BCUT2D eigenvalue weighted by Gasteiger charge is 2.47. The van der Waals surface area contributed by atoms with Crippen LogP contribution in [0.1, 0.15) is 77.0 Å². The van der Waals surface area contributed by atoms with E-state index in [2.05, 4.69) is 21.7 Å². The monoisotopic (exact) mass is 637 g/mol. The van der Waals surface area contributed by atoms with E-state index < -0.39 is 41.4 Å². The largest absolute Gasteiger partial charge is 0.456 e. The first-order valence-corrected chi connectivity index (χ1v) is 15.2. The number of nitriles is 1. The van der Waals surface area contributed by atoms with Gasteiger partial charge in [-0.2, -0.15) is 18.4 Å². The van der Waals surface area contributed by atoms with Crippen LogP contribution in [0.5, 0.6) is 0 Å². The number of amides is 1. The lowest BCUT2D eigenvalue weighted by Crippen LogP contribution is -2.52. The van der Waals surface area contributed by atoms with E-state index in [4.69, 9.17) is 9.15 Å². The topological polar surface area (TPSA) is 122 Å². The molecule has 1 amide bonds. The van der Waals surface area contributed by atoms with Crippen LogP contribution in [0.3, 0.4) is 0 Å². The van der Waals surface area contributed by atoms with Crippen LogP contribution in [0.25, 0.3) is 33.2 Å². The van der Waals surface area contributed by atoms with Crippen molar-refractivity contribution >= 4 is 33.9 Å². The van der Waals surface area contributed by atoms with Gasteiger partial charge in [-0.15, -0.1) is 0 Å². The molecule has 0 bridgehead atoms. The van der Waals surface area contributed by atoms with Crippen molar-refractivity contribution in [2.24, 2.45) is 5.92 Å². The average molecular weight is 638 g/mol. The lowest BCUT2D eigenvalue weighted by molar-refractivity contribution is -0.161. The van der Waals surface area contributed by atoms with Crippen molar-refractivity contribution in [2.75, 3.05) is 0 Å². The second-order valence-electron chi connectivity index (χ2n) is 13.5. The molecule has 9 nitrogen and oxygen atoms in total. The van der Waals surface area contributed by atoms with E-state index in [1.54, 1.807) is 52.8 Å². The summed E-state index contributed by atoms with van der Waals surface area (Å²) in [5, 5.41) is 15.8. The van der Waals surface area contributed by atoms with Crippen LogP contribution in [0.15, 0.2) is 40.8 Å². The zero-order valence-corrected chi connectivity index (χ0v) is 26.9. The molecule has 12 heteroatoms. The lowest BCUT2D eigenvalue weighted by atomic mass is 9.98. The highest BCUT2D eigenvalue weighted by molar-refractivity contribution is 6.06. The first-order chi connectivity index (χ1) is 21.4. The molecule has 2 atom stereocenters. The molecule has 5 rings (SSSR count). The molecule has 0 spiro atoms. The molecular weight excluding hydrogens is 599 g/mol. The number of nitrogens with one attached hydrogen (secondary N) is 2. The predicted octanol–water partition coefficient (Wildman–Crippen LogP) is 7.63. The van der Waals surface area contributed by atoms with Gasteiger partial charge < -0.3 is 14.5 Å². The van der Waals surface area contributed by atoms with E-state index >= 15 is 0 Å². The van der Waals surface area contributed by atoms with E-state index in [9.17, 15) is 28.0 Å². The van der Waals surface area contributed by atoms with E-state index in [0.29, 0.717) is 52.0 Å². The summed E-state index contributed by atoms with van der Waals surface area (Å²) in [5.41, 5.74) is 0.658. The summed E-state index contributed by atoms with van der Waals surface area (Å²) >= 11 is 0. The second kappa shape index (κ2) is 11.8. The molecule has 1 saturated carbocycles. The fraction of sp³-hybridized carbons (Fsp3) is 0.471. The zero-order chi connectivity index (χ0) is 33.8. The van der Waals surface area contributed by atoms with Crippen LogP contribution in [-0.2, 0) is 9.53 Å². The van der Waals surface area contributed by atoms with Crippen LogP contribution >= 0.6 is 0 Å². The van der Waals surface area contributed by atoms with Gasteiger partial charge in [-0.25, -0.2) is 14.3 Å². The maximum Gasteiger partial charge on any atom is 0.420 e.